The highest BCUT2D eigenvalue weighted by Gasteiger charge is 2.12. The van der Waals surface area contributed by atoms with Gasteiger partial charge in [0.25, 0.3) is 5.56 Å². The molecule has 1 aromatic carbocycles. The van der Waals surface area contributed by atoms with Gasteiger partial charge in [-0.3, -0.25) is 18.9 Å². The molecular weight excluding hydrogens is 265 g/mol. The lowest BCUT2D eigenvalue weighted by Gasteiger charge is -2.06. The van der Waals surface area contributed by atoms with E-state index in [4.69, 9.17) is 0 Å². The number of aromatic hydroxyl groups is 1. The Bertz CT molecular complexity index is 805. The monoisotopic (exact) mass is 277 g/mol. The molecule has 1 N–H and O–H groups in total. The van der Waals surface area contributed by atoms with Crippen LogP contribution < -0.4 is 11.2 Å². The van der Waals surface area contributed by atoms with E-state index >= 15 is 0 Å². The lowest BCUT2D eigenvalue weighted by Crippen LogP contribution is -2.38. The number of hydrogen-bond acceptors (Lipinski definition) is 4. The fourth-order valence-corrected chi connectivity index (χ4v) is 1.67. The van der Waals surface area contributed by atoms with Crippen LogP contribution in [-0.2, 0) is 14.1 Å². The average molecular weight is 277 g/mol. The molecule has 0 amide bonds. The fourth-order valence-electron chi connectivity index (χ4n) is 1.67. The van der Waals surface area contributed by atoms with Gasteiger partial charge in [-0.25, -0.2) is 9.18 Å². The van der Waals surface area contributed by atoms with Gasteiger partial charge >= 0.3 is 5.69 Å². The number of halogens is 1. The van der Waals surface area contributed by atoms with Crippen LogP contribution in [0.25, 0.3) is 0 Å². The summed E-state index contributed by atoms with van der Waals surface area (Å²) in [6.07, 6.45) is 1.10. The van der Waals surface area contributed by atoms with Crippen molar-refractivity contribution in [2.75, 3.05) is 0 Å². The molecule has 2 aromatic rings. The van der Waals surface area contributed by atoms with Crippen LogP contribution in [0.4, 0.5) is 10.1 Å². The predicted octanol–water partition coefficient (Wildman–Crippen LogP) is 0.679. The van der Waals surface area contributed by atoms with Gasteiger partial charge in [-0.2, -0.15) is 0 Å². The van der Waals surface area contributed by atoms with E-state index in [1.54, 1.807) is 6.07 Å². The summed E-state index contributed by atoms with van der Waals surface area (Å²) in [6, 6.07) is 5.46. The predicted molar refractivity (Wildman–Crippen MR) is 72.2 cm³/mol. The maximum Gasteiger partial charge on any atom is 0.333 e. The molecule has 104 valence electrons. The first-order chi connectivity index (χ1) is 9.41. The Morgan fingerprint density at radius 1 is 1.25 bits per heavy atom. The lowest BCUT2D eigenvalue weighted by atomic mass is 10.3. The molecule has 0 unspecified atom stereocenters. The molecule has 20 heavy (non-hydrogen) atoms. The topological polar surface area (TPSA) is 76.6 Å². The van der Waals surface area contributed by atoms with Gasteiger partial charge in [0.05, 0.1) is 5.69 Å². The quantitative estimate of drug-likeness (QED) is 0.820. The summed E-state index contributed by atoms with van der Waals surface area (Å²) in [6.45, 7) is 0. The van der Waals surface area contributed by atoms with Gasteiger partial charge in [-0.15, -0.1) is 0 Å². The maximum absolute atomic E-state index is 13.0. The smallest absolute Gasteiger partial charge is 0.333 e. The molecule has 1 heterocycles. The van der Waals surface area contributed by atoms with Crippen molar-refractivity contribution in [3.63, 3.8) is 0 Å². The number of aromatic nitrogens is 2. The molecule has 0 saturated carbocycles. The molecular formula is C13H12FN3O3. The molecule has 0 aliphatic carbocycles. The van der Waals surface area contributed by atoms with Crippen LogP contribution >= 0.6 is 0 Å². The molecule has 0 bridgehead atoms. The average Bonchev–Trinajstić information content (AvgIpc) is 2.43. The first kappa shape index (κ1) is 13.7. The minimum atomic E-state index is -0.675. The first-order valence-corrected chi connectivity index (χ1v) is 5.70. The lowest BCUT2D eigenvalue weighted by molar-refractivity contribution is 0.410. The minimum absolute atomic E-state index is 0.140. The third kappa shape index (κ3) is 2.37. The van der Waals surface area contributed by atoms with E-state index < -0.39 is 22.9 Å². The van der Waals surface area contributed by atoms with Crippen molar-refractivity contribution >= 4 is 11.9 Å². The van der Waals surface area contributed by atoms with Crippen molar-refractivity contribution in [1.82, 2.24) is 9.13 Å². The number of nitrogens with zero attached hydrogens (tertiary/aromatic N) is 3. The van der Waals surface area contributed by atoms with Crippen LogP contribution in [0.1, 0.15) is 5.56 Å². The zero-order valence-electron chi connectivity index (χ0n) is 10.9. The van der Waals surface area contributed by atoms with Crippen molar-refractivity contribution < 1.29 is 9.50 Å². The minimum Gasteiger partial charge on any atom is -0.494 e. The van der Waals surface area contributed by atoms with Gasteiger partial charge in [-0.1, -0.05) is 6.07 Å². The van der Waals surface area contributed by atoms with Crippen molar-refractivity contribution in [3.8, 4) is 5.88 Å². The molecule has 0 radical (unpaired) electrons. The van der Waals surface area contributed by atoms with Gasteiger partial charge in [-0.05, 0) is 18.2 Å². The molecule has 0 aliphatic heterocycles. The number of rotatable bonds is 2. The van der Waals surface area contributed by atoms with E-state index in [1.807, 2.05) is 0 Å². The largest absolute Gasteiger partial charge is 0.494 e. The molecule has 1 aromatic heterocycles. The zero-order chi connectivity index (χ0) is 14.9. The molecule has 2 rings (SSSR count). The normalized spacial score (nSPS) is 11.2. The molecule has 0 atom stereocenters. The Morgan fingerprint density at radius 2 is 1.95 bits per heavy atom. The Balaban J connectivity index is 2.55. The second-order valence-electron chi connectivity index (χ2n) is 4.18. The molecule has 0 saturated heterocycles. The third-order valence-electron chi connectivity index (χ3n) is 2.82. The molecule has 6 nitrogen and oxygen atoms in total. The summed E-state index contributed by atoms with van der Waals surface area (Å²) in [5.74, 6) is -0.949. The van der Waals surface area contributed by atoms with Crippen LogP contribution in [0.3, 0.4) is 0 Å². The summed E-state index contributed by atoms with van der Waals surface area (Å²) in [5, 5.41) is 9.80. The van der Waals surface area contributed by atoms with E-state index in [0.717, 1.165) is 15.3 Å². The van der Waals surface area contributed by atoms with Crippen molar-refractivity contribution in [2.45, 2.75) is 0 Å². The summed E-state index contributed by atoms with van der Waals surface area (Å²) in [4.78, 5) is 27.3. The zero-order valence-corrected chi connectivity index (χ0v) is 10.9. The van der Waals surface area contributed by atoms with Gasteiger partial charge < -0.3 is 5.11 Å². The van der Waals surface area contributed by atoms with Crippen molar-refractivity contribution in [2.24, 2.45) is 19.1 Å². The fraction of sp³-hybridized carbons (Fsp3) is 0.154. The molecule has 7 heteroatoms. The summed E-state index contributed by atoms with van der Waals surface area (Å²) >= 11 is 0. The number of benzene rings is 1. The van der Waals surface area contributed by atoms with Gasteiger partial charge in [0.15, 0.2) is 0 Å². The standard InChI is InChI=1S/C13H12FN3O3/c1-16-11(18)10(12(19)17(2)13(16)20)7-15-9-5-3-4-8(14)6-9/h3-7,18H,1-2H3. The van der Waals surface area contributed by atoms with Crippen molar-refractivity contribution in [3.05, 3.63) is 56.5 Å². The third-order valence-corrected chi connectivity index (χ3v) is 2.82. The SMILES string of the molecule is Cn1c(O)c(C=Nc2cccc(F)c2)c(=O)n(C)c1=O. The van der Waals surface area contributed by atoms with E-state index in [9.17, 15) is 19.1 Å². The van der Waals surface area contributed by atoms with E-state index in [2.05, 4.69) is 4.99 Å². The van der Waals surface area contributed by atoms with Gasteiger partial charge in [0.1, 0.15) is 11.4 Å². The van der Waals surface area contributed by atoms with E-state index in [1.165, 1.54) is 32.3 Å². The van der Waals surface area contributed by atoms with E-state index in [0.29, 0.717) is 5.69 Å². The van der Waals surface area contributed by atoms with Gasteiger partial charge in [0.2, 0.25) is 5.88 Å². The highest BCUT2D eigenvalue weighted by molar-refractivity contribution is 5.84. The number of aliphatic imine (C=N–C) groups is 1. The van der Waals surface area contributed by atoms with Crippen LogP contribution in [0, 0.1) is 5.82 Å². The Hall–Kier alpha value is -2.70. The van der Waals surface area contributed by atoms with Crippen LogP contribution in [0.2, 0.25) is 0 Å². The first-order valence-electron chi connectivity index (χ1n) is 5.70. The van der Waals surface area contributed by atoms with Crippen LogP contribution in [0.5, 0.6) is 5.88 Å². The highest BCUT2D eigenvalue weighted by atomic mass is 19.1. The number of hydrogen-bond donors (Lipinski definition) is 1. The molecule has 0 aliphatic rings. The summed E-state index contributed by atoms with van der Waals surface area (Å²) in [5.41, 5.74) is -1.17. The van der Waals surface area contributed by atoms with Crippen molar-refractivity contribution in [1.29, 1.82) is 0 Å². The Morgan fingerprint density at radius 3 is 2.60 bits per heavy atom. The van der Waals surface area contributed by atoms with Crippen LogP contribution in [0.15, 0.2) is 38.8 Å². The van der Waals surface area contributed by atoms with E-state index in [-0.39, 0.29) is 5.56 Å². The molecule has 0 fully saturated rings. The highest BCUT2D eigenvalue weighted by Crippen LogP contribution is 2.14. The second-order valence-corrected chi connectivity index (χ2v) is 4.18. The Kier molecular flexibility index (Phi) is 3.51. The maximum atomic E-state index is 13.0. The molecule has 0 spiro atoms. The van der Waals surface area contributed by atoms with Gasteiger partial charge in [0, 0.05) is 20.3 Å². The summed E-state index contributed by atoms with van der Waals surface area (Å²) < 4.78 is 14.8. The second kappa shape index (κ2) is 5.12. The van der Waals surface area contributed by atoms with Crippen LogP contribution in [-0.4, -0.2) is 20.5 Å². The Labute approximate surface area is 113 Å². The summed E-state index contributed by atoms with van der Waals surface area (Å²) in [7, 11) is 2.63.